The fourth-order valence-electron chi connectivity index (χ4n) is 3.20. The lowest BCUT2D eigenvalue weighted by atomic mass is 10.1. The summed E-state index contributed by atoms with van der Waals surface area (Å²) in [5.41, 5.74) is -0.380. The number of fused-ring (bicyclic) bond motifs is 1. The summed E-state index contributed by atoms with van der Waals surface area (Å²) in [6.07, 6.45) is -4.65. The molecule has 0 bridgehead atoms. The van der Waals surface area contributed by atoms with Crippen molar-refractivity contribution in [3.05, 3.63) is 54.1 Å². The largest absolute Gasteiger partial charge is 0.416 e. The van der Waals surface area contributed by atoms with Crippen LogP contribution < -0.4 is 9.21 Å². The Labute approximate surface area is 155 Å². The van der Waals surface area contributed by atoms with E-state index < -0.39 is 32.7 Å². The van der Waals surface area contributed by atoms with Crippen LogP contribution in [0.3, 0.4) is 0 Å². The van der Waals surface area contributed by atoms with Gasteiger partial charge in [0.15, 0.2) is 0 Å². The molecule has 0 aliphatic carbocycles. The maximum atomic E-state index is 13.1. The minimum absolute atomic E-state index is 0.0603. The van der Waals surface area contributed by atoms with Gasteiger partial charge in [-0.15, -0.1) is 0 Å². The number of benzene rings is 2. The highest BCUT2D eigenvalue weighted by Crippen LogP contribution is 2.39. The summed E-state index contributed by atoms with van der Waals surface area (Å²) in [4.78, 5) is 13.0. The second-order valence-electron chi connectivity index (χ2n) is 6.29. The Hall–Kier alpha value is -2.55. The standard InChI is InChI=1S/C18H17F3N2O3S/c1-12-11-22(16-8-3-4-9-17(16)23(12)13(2)24)27(25,26)15-7-5-6-14(10-15)18(19,20)21/h3-10,12H,11H2,1-2H3/t12-/m0/s1. The molecule has 1 aliphatic rings. The molecule has 0 unspecified atom stereocenters. The van der Waals surface area contributed by atoms with Crippen molar-refractivity contribution in [3.8, 4) is 0 Å². The Kier molecular flexibility index (Phi) is 4.67. The number of alkyl halides is 3. The summed E-state index contributed by atoms with van der Waals surface area (Å²) in [7, 11) is -4.24. The van der Waals surface area contributed by atoms with Crippen LogP contribution in [0.2, 0.25) is 0 Å². The monoisotopic (exact) mass is 398 g/mol. The molecule has 0 N–H and O–H groups in total. The molecule has 1 aliphatic heterocycles. The highest BCUT2D eigenvalue weighted by atomic mass is 32.2. The Balaban J connectivity index is 2.13. The van der Waals surface area contributed by atoms with Crippen LogP contribution in [0.5, 0.6) is 0 Å². The van der Waals surface area contributed by atoms with Crippen molar-refractivity contribution in [3.63, 3.8) is 0 Å². The van der Waals surface area contributed by atoms with E-state index in [0.29, 0.717) is 11.8 Å². The summed E-state index contributed by atoms with van der Waals surface area (Å²) in [6.45, 7) is 3.01. The van der Waals surface area contributed by atoms with E-state index in [4.69, 9.17) is 0 Å². The number of hydrogen-bond acceptors (Lipinski definition) is 3. The molecule has 144 valence electrons. The molecular formula is C18H17F3N2O3S. The normalized spacial score (nSPS) is 17.6. The molecule has 1 amide bonds. The smallest absolute Gasteiger partial charge is 0.306 e. The lowest BCUT2D eigenvalue weighted by molar-refractivity contribution is -0.137. The molecule has 0 aromatic heterocycles. The number of sulfonamides is 1. The first-order valence-electron chi connectivity index (χ1n) is 8.12. The molecule has 0 fully saturated rings. The number of para-hydroxylation sites is 2. The molecule has 3 rings (SSSR count). The third-order valence-electron chi connectivity index (χ3n) is 4.37. The van der Waals surface area contributed by atoms with E-state index in [9.17, 15) is 26.4 Å². The second kappa shape index (κ2) is 6.56. The van der Waals surface area contributed by atoms with Gasteiger partial charge in [-0.3, -0.25) is 9.10 Å². The van der Waals surface area contributed by atoms with Gasteiger partial charge in [0.25, 0.3) is 10.0 Å². The lowest BCUT2D eigenvalue weighted by Crippen LogP contribution is -2.51. The van der Waals surface area contributed by atoms with Crippen molar-refractivity contribution in [2.45, 2.75) is 31.0 Å². The summed E-state index contributed by atoms with van der Waals surface area (Å²) < 4.78 is 66.2. The molecule has 0 saturated carbocycles. The molecule has 0 spiro atoms. The Morgan fingerprint density at radius 1 is 1.07 bits per heavy atom. The fourth-order valence-corrected chi connectivity index (χ4v) is 4.81. The number of nitrogens with zero attached hydrogens (tertiary/aromatic N) is 2. The molecule has 27 heavy (non-hydrogen) atoms. The number of hydrogen-bond donors (Lipinski definition) is 0. The van der Waals surface area contributed by atoms with E-state index >= 15 is 0 Å². The SMILES string of the molecule is CC(=O)N1c2ccccc2N(S(=O)(=O)c2cccc(C(F)(F)F)c2)C[C@@H]1C. The van der Waals surface area contributed by atoms with Crippen LogP contribution in [0.25, 0.3) is 0 Å². The molecule has 2 aromatic carbocycles. The van der Waals surface area contributed by atoms with Crippen LogP contribution in [0.1, 0.15) is 19.4 Å². The number of anilines is 2. The molecule has 2 aromatic rings. The molecule has 1 heterocycles. The van der Waals surface area contributed by atoms with Gasteiger partial charge in [-0.25, -0.2) is 8.42 Å². The van der Waals surface area contributed by atoms with Gasteiger partial charge in [-0.1, -0.05) is 18.2 Å². The molecule has 1 atom stereocenters. The highest BCUT2D eigenvalue weighted by molar-refractivity contribution is 7.92. The first-order chi connectivity index (χ1) is 12.5. The highest BCUT2D eigenvalue weighted by Gasteiger charge is 2.38. The van der Waals surface area contributed by atoms with Crippen molar-refractivity contribution in [1.82, 2.24) is 0 Å². The summed E-state index contributed by atoms with van der Waals surface area (Å²) >= 11 is 0. The zero-order valence-electron chi connectivity index (χ0n) is 14.6. The van der Waals surface area contributed by atoms with E-state index in [1.807, 2.05) is 0 Å². The van der Waals surface area contributed by atoms with Crippen LogP contribution >= 0.6 is 0 Å². The van der Waals surface area contributed by atoms with E-state index in [1.165, 1.54) is 17.9 Å². The van der Waals surface area contributed by atoms with Crippen LogP contribution in [0.15, 0.2) is 53.4 Å². The molecule has 0 radical (unpaired) electrons. The first kappa shape index (κ1) is 19.2. The van der Waals surface area contributed by atoms with Gasteiger partial charge in [0.1, 0.15) is 0 Å². The molecular weight excluding hydrogens is 381 g/mol. The molecule has 0 saturated heterocycles. The van der Waals surface area contributed by atoms with E-state index in [2.05, 4.69) is 0 Å². The number of carbonyl (C=O) groups is 1. The number of amides is 1. The number of rotatable bonds is 2. The van der Waals surface area contributed by atoms with Gasteiger partial charge in [0, 0.05) is 6.92 Å². The molecule has 5 nitrogen and oxygen atoms in total. The van der Waals surface area contributed by atoms with Crippen molar-refractivity contribution in [2.75, 3.05) is 15.7 Å². The average Bonchev–Trinajstić information content (AvgIpc) is 2.60. The second-order valence-corrected chi connectivity index (χ2v) is 8.15. The predicted molar refractivity (Wildman–Crippen MR) is 95.0 cm³/mol. The Morgan fingerprint density at radius 3 is 2.30 bits per heavy atom. The van der Waals surface area contributed by atoms with Crippen molar-refractivity contribution in [1.29, 1.82) is 0 Å². The van der Waals surface area contributed by atoms with Crippen LogP contribution in [-0.2, 0) is 21.0 Å². The number of halogens is 3. The van der Waals surface area contributed by atoms with Crippen molar-refractivity contribution in [2.24, 2.45) is 0 Å². The van der Waals surface area contributed by atoms with E-state index in [1.54, 1.807) is 25.1 Å². The fraction of sp³-hybridized carbons (Fsp3) is 0.278. The third kappa shape index (κ3) is 3.39. The minimum atomic E-state index is -4.65. The maximum absolute atomic E-state index is 13.1. The van der Waals surface area contributed by atoms with E-state index in [-0.39, 0.29) is 18.1 Å². The predicted octanol–water partition coefficient (Wildman–Crippen LogP) is 3.66. The maximum Gasteiger partial charge on any atom is 0.416 e. The Bertz CT molecular complexity index is 989. The zero-order valence-corrected chi connectivity index (χ0v) is 15.4. The number of carbonyl (C=O) groups excluding carboxylic acids is 1. The lowest BCUT2D eigenvalue weighted by Gasteiger charge is -2.41. The zero-order chi connectivity index (χ0) is 20.0. The van der Waals surface area contributed by atoms with Crippen LogP contribution in [0, 0.1) is 0 Å². The quantitative estimate of drug-likeness (QED) is 0.776. The summed E-state index contributed by atoms with van der Waals surface area (Å²) in [5, 5.41) is 0. The van der Waals surface area contributed by atoms with Crippen molar-refractivity contribution >= 4 is 27.3 Å². The van der Waals surface area contributed by atoms with Gasteiger partial charge in [0.2, 0.25) is 5.91 Å². The Morgan fingerprint density at radius 2 is 1.70 bits per heavy atom. The van der Waals surface area contributed by atoms with Gasteiger partial charge < -0.3 is 4.90 Å². The van der Waals surface area contributed by atoms with Crippen LogP contribution in [-0.4, -0.2) is 26.9 Å². The van der Waals surface area contributed by atoms with Crippen molar-refractivity contribution < 1.29 is 26.4 Å². The first-order valence-corrected chi connectivity index (χ1v) is 9.56. The summed E-state index contributed by atoms with van der Waals surface area (Å²) in [6, 6.07) is 9.60. The topological polar surface area (TPSA) is 57.7 Å². The summed E-state index contributed by atoms with van der Waals surface area (Å²) in [5.74, 6) is -0.244. The van der Waals surface area contributed by atoms with E-state index in [0.717, 1.165) is 22.5 Å². The van der Waals surface area contributed by atoms with Gasteiger partial charge in [0.05, 0.1) is 34.4 Å². The minimum Gasteiger partial charge on any atom is -0.306 e. The van der Waals surface area contributed by atoms with Gasteiger partial charge in [-0.2, -0.15) is 13.2 Å². The average molecular weight is 398 g/mol. The molecule has 9 heteroatoms. The third-order valence-corrected chi connectivity index (χ3v) is 6.15. The van der Waals surface area contributed by atoms with Crippen LogP contribution in [0.4, 0.5) is 24.5 Å². The van der Waals surface area contributed by atoms with Gasteiger partial charge >= 0.3 is 6.18 Å². The van der Waals surface area contributed by atoms with Gasteiger partial charge in [-0.05, 0) is 37.3 Å².